The zero-order chi connectivity index (χ0) is 10.2. The van der Waals surface area contributed by atoms with E-state index in [1.54, 1.807) is 0 Å². The number of nitrogens with one attached hydrogen (secondary N) is 1. The molecular weight excluding hydrogens is 182 g/mol. The van der Waals surface area contributed by atoms with Crippen LogP contribution in [0.25, 0.3) is 0 Å². The molecular formula is C10H10NO3. The minimum atomic E-state index is -0.638. The maximum absolute atomic E-state index is 10.9. The molecule has 4 nitrogen and oxygen atoms in total. The number of alkyl carbamates (subject to hydrolysis) is 1. The molecule has 1 N–H and O–H groups in total. The molecule has 1 aromatic carbocycles. The van der Waals surface area contributed by atoms with Crippen molar-refractivity contribution in [2.45, 2.75) is 6.61 Å². The molecule has 1 rings (SSSR count). The summed E-state index contributed by atoms with van der Waals surface area (Å²) in [5.41, 5.74) is 0.897. The lowest BCUT2D eigenvalue weighted by molar-refractivity contribution is -0.105. The fourth-order valence-corrected chi connectivity index (χ4v) is 0.867. The summed E-state index contributed by atoms with van der Waals surface area (Å²) in [6.07, 6.45) is -0.162. The van der Waals surface area contributed by atoms with Gasteiger partial charge in [0, 0.05) is 0 Å². The van der Waals surface area contributed by atoms with Crippen LogP contribution in [0, 0.1) is 6.54 Å². The van der Waals surface area contributed by atoms with Gasteiger partial charge in [-0.15, -0.1) is 0 Å². The van der Waals surface area contributed by atoms with Crippen molar-refractivity contribution in [3.05, 3.63) is 42.4 Å². The van der Waals surface area contributed by atoms with Crippen molar-refractivity contribution in [3.8, 4) is 0 Å². The molecule has 0 fully saturated rings. The van der Waals surface area contributed by atoms with E-state index in [1.807, 2.05) is 30.3 Å². The SMILES string of the molecule is O=C[CH]NC(=O)OCc1ccccc1. The Labute approximate surface area is 81.9 Å². The predicted octanol–water partition coefficient (Wildman–Crippen LogP) is 1.27. The number of aldehydes is 1. The molecule has 14 heavy (non-hydrogen) atoms. The Balaban J connectivity index is 2.27. The van der Waals surface area contributed by atoms with Gasteiger partial charge in [-0.05, 0) is 5.56 Å². The van der Waals surface area contributed by atoms with Crippen LogP contribution in [0.2, 0.25) is 0 Å². The number of hydrogen-bond acceptors (Lipinski definition) is 3. The van der Waals surface area contributed by atoms with Gasteiger partial charge in [0.2, 0.25) is 0 Å². The third kappa shape index (κ3) is 3.71. The average Bonchev–Trinajstić information content (AvgIpc) is 2.25. The molecule has 1 aromatic rings. The quantitative estimate of drug-likeness (QED) is 0.731. The minimum absolute atomic E-state index is 0.194. The fraction of sp³-hybridized carbons (Fsp3) is 0.100. The highest BCUT2D eigenvalue weighted by atomic mass is 16.5. The molecule has 0 aromatic heterocycles. The second-order valence-corrected chi connectivity index (χ2v) is 2.51. The van der Waals surface area contributed by atoms with Crippen molar-refractivity contribution in [1.82, 2.24) is 5.32 Å². The summed E-state index contributed by atoms with van der Waals surface area (Å²) in [5.74, 6) is 0. The summed E-state index contributed by atoms with van der Waals surface area (Å²) in [4.78, 5) is 20.7. The van der Waals surface area contributed by atoms with Crippen LogP contribution in [0.15, 0.2) is 30.3 Å². The van der Waals surface area contributed by atoms with E-state index in [0.717, 1.165) is 12.1 Å². The number of carbonyl (C=O) groups excluding carboxylic acids is 2. The van der Waals surface area contributed by atoms with E-state index in [1.165, 1.54) is 0 Å². The summed E-state index contributed by atoms with van der Waals surface area (Å²) in [5, 5.41) is 2.15. The number of rotatable bonds is 4. The van der Waals surface area contributed by atoms with Crippen LogP contribution in [0.1, 0.15) is 5.56 Å². The monoisotopic (exact) mass is 192 g/mol. The molecule has 0 spiro atoms. The van der Waals surface area contributed by atoms with Gasteiger partial charge >= 0.3 is 6.09 Å². The minimum Gasteiger partial charge on any atom is -0.445 e. The van der Waals surface area contributed by atoms with Crippen LogP contribution in [0.4, 0.5) is 4.79 Å². The van der Waals surface area contributed by atoms with E-state index < -0.39 is 6.09 Å². The first-order valence-electron chi connectivity index (χ1n) is 4.07. The van der Waals surface area contributed by atoms with Crippen molar-refractivity contribution in [2.24, 2.45) is 0 Å². The first-order valence-corrected chi connectivity index (χ1v) is 4.07. The first kappa shape index (κ1) is 10.2. The molecule has 4 heteroatoms. The Morgan fingerprint density at radius 1 is 1.36 bits per heavy atom. The van der Waals surface area contributed by atoms with Crippen molar-refractivity contribution in [2.75, 3.05) is 0 Å². The van der Waals surface area contributed by atoms with Gasteiger partial charge in [-0.2, -0.15) is 0 Å². The van der Waals surface area contributed by atoms with Crippen LogP contribution in [-0.4, -0.2) is 12.4 Å². The molecule has 0 saturated carbocycles. The van der Waals surface area contributed by atoms with E-state index in [2.05, 4.69) is 5.32 Å². The van der Waals surface area contributed by atoms with Gasteiger partial charge < -0.3 is 14.8 Å². The van der Waals surface area contributed by atoms with Crippen LogP contribution in [-0.2, 0) is 16.1 Å². The third-order valence-electron chi connectivity index (χ3n) is 1.48. The van der Waals surface area contributed by atoms with Gasteiger partial charge in [0.05, 0.1) is 0 Å². The van der Waals surface area contributed by atoms with Gasteiger partial charge in [0.1, 0.15) is 19.4 Å². The predicted molar refractivity (Wildman–Crippen MR) is 50.1 cm³/mol. The van der Waals surface area contributed by atoms with E-state index in [9.17, 15) is 9.59 Å². The highest BCUT2D eigenvalue weighted by Gasteiger charge is 2.00. The van der Waals surface area contributed by atoms with Gasteiger partial charge in [-0.25, -0.2) is 4.79 Å². The maximum Gasteiger partial charge on any atom is 0.408 e. The second-order valence-electron chi connectivity index (χ2n) is 2.51. The standard InChI is InChI=1S/C10H10NO3/c12-7-6-11-10(13)14-8-9-4-2-1-3-5-9/h1-7H,8H2,(H,11,13). The highest BCUT2D eigenvalue weighted by molar-refractivity contribution is 5.74. The smallest absolute Gasteiger partial charge is 0.408 e. The van der Waals surface area contributed by atoms with Crippen molar-refractivity contribution >= 4 is 12.4 Å². The molecule has 0 aliphatic heterocycles. The lowest BCUT2D eigenvalue weighted by atomic mass is 10.2. The Hall–Kier alpha value is -1.84. The Kier molecular flexibility index (Phi) is 4.20. The first-order chi connectivity index (χ1) is 6.83. The second kappa shape index (κ2) is 5.75. The van der Waals surface area contributed by atoms with Crippen LogP contribution in [0.5, 0.6) is 0 Å². The number of benzene rings is 1. The number of ether oxygens (including phenoxy) is 1. The largest absolute Gasteiger partial charge is 0.445 e. The van der Waals surface area contributed by atoms with Crippen LogP contribution < -0.4 is 5.32 Å². The third-order valence-corrected chi connectivity index (χ3v) is 1.48. The van der Waals surface area contributed by atoms with Crippen molar-refractivity contribution in [3.63, 3.8) is 0 Å². The van der Waals surface area contributed by atoms with Gasteiger partial charge in [-0.1, -0.05) is 30.3 Å². The van der Waals surface area contributed by atoms with Crippen molar-refractivity contribution in [1.29, 1.82) is 0 Å². The zero-order valence-corrected chi connectivity index (χ0v) is 7.47. The summed E-state index contributed by atoms with van der Waals surface area (Å²) in [6.45, 7) is 1.17. The van der Waals surface area contributed by atoms with Crippen LogP contribution in [0.3, 0.4) is 0 Å². The molecule has 0 aliphatic rings. The average molecular weight is 192 g/mol. The molecule has 0 atom stereocenters. The van der Waals surface area contributed by atoms with E-state index in [0.29, 0.717) is 6.29 Å². The van der Waals surface area contributed by atoms with E-state index in [-0.39, 0.29) is 6.61 Å². The molecule has 1 amide bonds. The molecule has 1 radical (unpaired) electrons. The highest BCUT2D eigenvalue weighted by Crippen LogP contribution is 2.00. The summed E-state index contributed by atoms with van der Waals surface area (Å²) in [6, 6.07) is 9.28. The Morgan fingerprint density at radius 2 is 2.07 bits per heavy atom. The number of amides is 1. The lowest BCUT2D eigenvalue weighted by Crippen LogP contribution is -2.21. The molecule has 0 aliphatic carbocycles. The van der Waals surface area contributed by atoms with Gasteiger partial charge in [-0.3, -0.25) is 0 Å². The number of hydrogen-bond donors (Lipinski definition) is 1. The maximum atomic E-state index is 10.9. The number of carbonyl (C=O) groups is 2. The Morgan fingerprint density at radius 3 is 2.71 bits per heavy atom. The topological polar surface area (TPSA) is 55.4 Å². The molecule has 0 heterocycles. The van der Waals surface area contributed by atoms with E-state index in [4.69, 9.17) is 4.74 Å². The zero-order valence-electron chi connectivity index (χ0n) is 7.47. The van der Waals surface area contributed by atoms with Crippen molar-refractivity contribution < 1.29 is 14.3 Å². The lowest BCUT2D eigenvalue weighted by Gasteiger charge is -2.03. The Bertz CT molecular complexity index is 297. The van der Waals surface area contributed by atoms with Gasteiger partial charge in [0.15, 0.2) is 0 Å². The normalized spacial score (nSPS) is 9.14. The molecule has 73 valence electrons. The summed E-state index contributed by atoms with van der Waals surface area (Å²) in [7, 11) is 0. The van der Waals surface area contributed by atoms with Crippen LogP contribution >= 0.6 is 0 Å². The fourth-order valence-electron chi connectivity index (χ4n) is 0.867. The van der Waals surface area contributed by atoms with E-state index >= 15 is 0 Å². The summed E-state index contributed by atoms with van der Waals surface area (Å²) >= 11 is 0. The molecule has 0 unspecified atom stereocenters. The molecule has 0 bridgehead atoms. The van der Waals surface area contributed by atoms with Gasteiger partial charge in [0.25, 0.3) is 0 Å². The summed E-state index contributed by atoms with van der Waals surface area (Å²) < 4.78 is 4.79. The molecule has 0 saturated heterocycles.